The van der Waals surface area contributed by atoms with Crippen LogP contribution >= 0.6 is 0 Å². The zero-order valence-corrected chi connectivity index (χ0v) is 14.1. The van der Waals surface area contributed by atoms with Crippen LogP contribution in [0.25, 0.3) is 11.1 Å². The number of pyridine rings is 1. The number of halogens is 2. The number of hydrogen-bond acceptors (Lipinski definition) is 3. The number of alkyl halides is 2. The number of nitrogens with zero attached hydrogens (tertiary/aromatic N) is 2. The lowest BCUT2D eigenvalue weighted by Gasteiger charge is -2.24. The van der Waals surface area contributed by atoms with Crippen LogP contribution in [0.2, 0.25) is 0 Å². The Labute approximate surface area is 150 Å². The van der Waals surface area contributed by atoms with E-state index in [2.05, 4.69) is 10.3 Å². The van der Waals surface area contributed by atoms with Crippen LogP contribution in [0.1, 0.15) is 23.2 Å². The van der Waals surface area contributed by atoms with Crippen molar-refractivity contribution < 1.29 is 18.4 Å². The van der Waals surface area contributed by atoms with Gasteiger partial charge in [0.1, 0.15) is 6.04 Å². The summed E-state index contributed by atoms with van der Waals surface area (Å²) >= 11 is 0. The molecule has 26 heavy (non-hydrogen) atoms. The maximum atomic E-state index is 12.9. The van der Waals surface area contributed by atoms with E-state index in [1.165, 1.54) is 4.90 Å². The summed E-state index contributed by atoms with van der Waals surface area (Å²) in [4.78, 5) is 30.5. The zero-order valence-electron chi connectivity index (χ0n) is 14.1. The van der Waals surface area contributed by atoms with Gasteiger partial charge in [0, 0.05) is 30.1 Å². The molecule has 1 atom stereocenters. The predicted molar refractivity (Wildman–Crippen MR) is 92.7 cm³/mol. The molecule has 136 valence electrons. The van der Waals surface area contributed by atoms with E-state index in [4.69, 9.17) is 0 Å². The van der Waals surface area contributed by atoms with Gasteiger partial charge in [-0.05, 0) is 36.6 Å². The molecule has 2 amide bonds. The van der Waals surface area contributed by atoms with Crippen LogP contribution in [0.3, 0.4) is 0 Å². The van der Waals surface area contributed by atoms with Crippen LogP contribution in [-0.2, 0) is 4.79 Å². The summed E-state index contributed by atoms with van der Waals surface area (Å²) in [6.45, 7) is -0.267. The molecule has 2 aromatic rings. The molecule has 7 heteroatoms. The molecule has 0 radical (unpaired) electrons. The maximum Gasteiger partial charge on any atom is 0.255 e. The molecular weight excluding hydrogens is 340 g/mol. The average Bonchev–Trinajstić information content (AvgIpc) is 3.16. The second-order valence-electron chi connectivity index (χ2n) is 6.12. The maximum absolute atomic E-state index is 12.9. The fraction of sp³-hybridized carbons (Fsp3) is 0.316. The van der Waals surface area contributed by atoms with Crippen LogP contribution in [0, 0.1) is 0 Å². The molecule has 0 aliphatic carbocycles. The van der Waals surface area contributed by atoms with Crippen LogP contribution in [0.5, 0.6) is 0 Å². The quantitative estimate of drug-likeness (QED) is 0.893. The van der Waals surface area contributed by atoms with E-state index in [1.807, 2.05) is 18.2 Å². The largest absolute Gasteiger partial charge is 0.349 e. The van der Waals surface area contributed by atoms with Crippen LogP contribution in [0.4, 0.5) is 8.78 Å². The topological polar surface area (TPSA) is 62.3 Å². The predicted octanol–water partition coefficient (Wildman–Crippen LogP) is 2.73. The van der Waals surface area contributed by atoms with Crippen molar-refractivity contribution in [3.63, 3.8) is 0 Å². The van der Waals surface area contributed by atoms with Gasteiger partial charge in [0.2, 0.25) is 5.91 Å². The molecule has 3 rings (SSSR count). The molecule has 5 nitrogen and oxygen atoms in total. The fourth-order valence-electron chi connectivity index (χ4n) is 3.11. The molecular formula is C19H19F2N3O2. The van der Waals surface area contributed by atoms with Crippen molar-refractivity contribution in [2.75, 3.05) is 13.1 Å². The Morgan fingerprint density at radius 3 is 2.77 bits per heavy atom. The van der Waals surface area contributed by atoms with Gasteiger partial charge < -0.3 is 10.2 Å². The summed E-state index contributed by atoms with van der Waals surface area (Å²) in [7, 11) is 0. The number of hydrogen-bond donors (Lipinski definition) is 1. The number of rotatable bonds is 5. The smallest absolute Gasteiger partial charge is 0.255 e. The standard InChI is InChI=1S/C19H19F2N3O2/c20-17(21)12-23-18(25)16-7-3-9-24(16)19(26)14-5-1-4-13(10-14)15-6-2-8-22-11-15/h1-2,4-6,8,10-11,16-17H,3,7,9,12H2,(H,23,25). The van der Waals surface area contributed by atoms with Crippen LogP contribution < -0.4 is 5.32 Å². The first-order valence-electron chi connectivity index (χ1n) is 8.43. The minimum absolute atomic E-state index is 0.273. The van der Waals surface area contributed by atoms with E-state index in [0.29, 0.717) is 24.9 Å². The van der Waals surface area contributed by atoms with Crippen LogP contribution in [-0.4, -0.2) is 47.3 Å². The summed E-state index contributed by atoms with van der Waals surface area (Å²) in [5.41, 5.74) is 2.19. The highest BCUT2D eigenvalue weighted by Gasteiger charge is 2.34. The van der Waals surface area contributed by atoms with E-state index >= 15 is 0 Å². The van der Waals surface area contributed by atoms with Crippen molar-refractivity contribution >= 4 is 11.8 Å². The van der Waals surface area contributed by atoms with Crippen molar-refractivity contribution in [1.29, 1.82) is 0 Å². The van der Waals surface area contributed by atoms with E-state index < -0.39 is 24.9 Å². The molecule has 1 aromatic carbocycles. The second-order valence-corrected chi connectivity index (χ2v) is 6.12. The summed E-state index contributed by atoms with van der Waals surface area (Å²) in [5.74, 6) is -0.801. The lowest BCUT2D eigenvalue weighted by Crippen LogP contribution is -2.46. The Balaban J connectivity index is 1.77. The van der Waals surface area contributed by atoms with Crippen molar-refractivity contribution in [1.82, 2.24) is 15.2 Å². The van der Waals surface area contributed by atoms with Crippen molar-refractivity contribution in [2.45, 2.75) is 25.3 Å². The molecule has 1 aromatic heterocycles. The molecule has 0 bridgehead atoms. The summed E-state index contributed by atoms with van der Waals surface area (Å²) < 4.78 is 24.6. The Bertz CT molecular complexity index is 783. The van der Waals surface area contributed by atoms with Gasteiger partial charge in [-0.2, -0.15) is 0 Å². The lowest BCUT2D eigenvalue weighted by atomic mass is 10.0. The van der Waals surface area contributed by atoms with Crippen molar-refractivity contribution in [3.05, 3.63) is 54.4 Å². The zero-order chi connectivity index (χ0) is 18.5. The number of benzene rings is 1. The number of likely N-dealkylation sites (tertiary alicyclic amines) is 1. The van der Waals surface area contributed by atoms with Gasteiger partial charge in [0.05, 0.1) is 6.54 Å². The van der Waals surface area contributed by atoms with Gasteiger partial charge in [-0.3, -0.25) is 14.6 Å². The van der Waals surface area contributed by atoms with E-state index in [1.54, 1.807) is 30.6 Å². The summed E-state index contributed by atoms with van der Waals surface area (Å²) in [5, 5.41) is 2.21. The van der Waals surface area contributed by atoms with Crippen molar-refractivity contribution in [2.24, 2.45) is 0 Å². The summed E-state index contributed by atoms with van der Waals surface area (Å²) in [6, 6.07) is 10.1. The number of amides is 2. The third-order valence-corrected chi connectivity index (χ3v) is 4.35. The van der Waals surface area contributed by atoms with Gasteiger partial charge in [0.25, 0.3) is 12.3 Å². The number of nitrogens with one attached hydrogen (secondary N) is 1. The van der Waals surface area contributed by atoms with Crippen molar-refractivity contribution in [3.8, 4) is 11.1 Å². The Morgan fingerprint density at radius 2 is 2.04 bits per heavy atom. The molecule has 1 saturated heterocycles. The number of aromatic nitrogens is 1. The third kappa shape index (κ3) is 4.04. The Morgan fingerprint density at radius 1 is 1.23 bits per heavy atom. The molecule has 1 aliphatic rings. The van der Waals surface area contributed by atoms with Gasteiger partial charge >= 0.3 is 0 Å². The Kier molecular flexibility index (Phi) is 5.55. The minimum Gasteiger partial charge on any atom is -0.349 e. The van der Waals surface area contributed by atoms with Gasteiger partial charge in [-0.1, -0.05) is 18.2 Å². The first-order chi connectivity index (χ1) is 12.6. The highest BCUT2D eigenvalue weighted by atomic mass is 19.3. The SMILES string of the molecule is O=C(NCC(F)F)C1CCCN1C(=O)c1cccc(-c2cccnc2)c1. The molecule has 1 aliphatic heterocycles. The summed E-state index contributed by atoms with van der Waals surface area (Å²) in [6.07, 6.45) is 1.91. The highest BCUT2D eigenvalue weighted by Crippen LogP contribution is 2.24. The first kappa shape index (κ1) is 18.0. The monoisotopic (exact) mass is 359 g/mol. The third-order valence-electron chi connectivity index (χ3n) is 4.35. The molecule has 2 heterocycles. The number of carbonyl (C=O) groups excluding carboxylic acids is 2. The second kappa shape index (κ2) is 8.03. The molecule has 1 unspecified atom stereocenters. The van der Waals surface area contributed by atoms with Gasteiger partial charge in [-0.15, -0.1) is 0 Å². The molecule has 1 fully saturated rings. The van der Waals surface area contributed by atoms with E-state index in [-0.39, 0.29) is 5.91 Å². The van der Waals surface area contributed by atoms with E-state index in [9.17, 15) is 18.4 Å². The molecule has 1 N–H and O–H groups in total. The first-order valence-corrected chi connectivity index (χ1v) is 8.43. The normalized spacial score (nSPS) is 16.7. The highest BCUT2D eigenvalue weighted by molar-refractivity contribution is 5.98. The number of carbonyl (C=O) groups is 2. The molecule has 0 spiro atoms. The average molecular weight is 359 g/mol. The minimum atomic E-state index is -2.61. The van der Waals surface area contributed by atoms with Gasteiger partial charge in [0.15, 0.2) is 0 Å². The van der Waals surface area contributed by atoms with E-state index in [0.717, 1.165) is 11.1 Å². The lowest BCUT2D eigenvalue weighted by molar-refractivity contribution is -0.125. The van der Waals surface area contributed by atoms with Crippen LogP contribution in [0.15, 0.2) is 48.8 Å². The van der Waals surface area contributed by atoms with Gasteiger partial charge in [-0.25, -0.2) is 8.78 Å². The fourth-order valence-corrected chi connectivity index (χ4v) is 3.11. The Hall–Kier alpha value is -2.83. The molecule has 0 saturated carbocycles.